The predicted molar refractivity (Wildman–Crippen MR) is 74.2 cm³/mol. The fourth-order valence-electron chi connectivity index (χ4n) is 1.99. The van der Waals surface area contributed by atoms with Crippen molar-refractivity contribution in [3.8, 4) is 5.75 Å². The van der Waals surface area contributed by atoms with Crippen molar-refractivity contribution in [3.63, 3.8) is 0 Å². The lowest BCUT2D eigenvalue weighted by atomic mass is 10.0. The summed E-state index contributed by atoms with van der Waals surface area (Å²) in [5.41, 5.74) is 0.992. The maximum absolute atomic E-state index is 13.9. The Kier molecular flexibility index (Phi) is 4.39. The number of aliphatic hydroxyl groups excluding tert-OH is 1. The maximum atomic E-state index is 13.9. The number of methoxy groups -OCH3 is 1. The standard InChI is InChI=1S/C15H19FN2O2/c1-10(2)18-7-6-11(17-18)8-15(19)13-5-4-12(20-3)9-14(13)16/h4-7,9-10,15,19H,8H2,1-3H3. The molecule has 0 aliphatic heterocycles. The normalized spacial score (nSPS) is 12.7. The minimum absolute atomic E-state index is 0.255. The van der Waals surface area contributed by atoms with Crippen molar-refractivity contribution in [2.75, 3.05) is 7.11 Å². The Morgan fingerprint density at radius 2 is 2.10 bits per heavy atom. The number of ether oxygens (including phenoxy) is 1. The molecule has 1 unspecified atom stereocenters. The van der Waals surface area contributed by atoms with Crippen LogP contribution in [0.15, 0.2) is 30.5 Å². The van der Waals surface area contributed by atoms with E-state index in [1.54, 1.807) is 6.07 Å². The second-order valence-electron chi connectivity index (χ2n) is 4.99. The van der Waals surface area contributed by atoms with Gasteiger partial charge in [0.15, 0.2) is 0 Å². The highest BCUT2D eigenvalue weighted by atomic mass is 19.1. The van der Waals surface area contributed by atoms with Gasteiger partial charge >= 0.3 is 0 Å². The van der Waals surface area contributed by atoms with Crippen LogP contribution in [-0.2, 0) is 6.42 Å². The molecule has 5 heteroatoms. The van der Waals surface area contributed by atoms with E-state index in [9.17, 15) is 9.50 Å². The first-order valence-electron chi connectivity index (χ1n) is 6.56. The lowest BCUT2D eigenvalue weighted by Crippen LogP contribution is -2.07. The summed E-state index contributed by atoms with van der Waals surface area (Å²) in [6.07, 6.45) is 1.22. The quantitative estimate of drug-likeness (QED) is 0.914. The van der Waals surface area contributed by atoms with Gasteiger partial charge in [0.2, 0.25) is 0 Å². The van der Waals surface area contributed by atoms with Crippen LogP contribution in [0.3, 0.4) is 0 Å². The first-order valence-corrected chi connectivity index (χ1v) is 6.56. The van der Waals surface area contributed by atoms with Gasteiger partial charge in [-0.1, -0.05) is 0 Å². The van der Waals surface area contributed by atoms with Crippen molar-refractivity contribution in [3.05, 3.63) is 47.5 Å². The molecule has 0 aliphatic rings. The SMILES string of the molecule is COc1ccc(C(O)Cc2ccn(C(C)C)n2)c(F)c1. The summed E-state index contributed by atoms with van der Waals surface area (Å²) in [6, 6.07) is 6.54. The van der Waals surface area contributed by atoms with Gasteiger partial charge in [0.1, 0.15) is 11.6 Å². The van der Waals surface area contributed by atoms with E-state index >= 15 is 0 Å². The Labute approximate surface area is 117 Å². The van der Waals surface area contributed by atoms with Gasteiger partial charge in [-0.2, -0.15) is 5.10 Å². The average Bonchev–Trinajstić information content (AvgIpc) is 2.87. The molecule has 1 aromatic heterocycles. The van der Waals surface area contributed by atoms with Crippen molar-refractivity contribution in [1.82, 2.24) is 9.78 Å². The predicted octanol–water partition coefficient (Wildman–Crippen LogP) is 2.89. The summed E-state index contributed by atoms with van der Waals surface area (Å²) in [5.74, 6) is -0.0392. The molecule has 20 heavy (non-hydrogen) atoms. The molecular formula is C15H19FN2O2. The number of rotatable bonds is 5. The van der Waals surface area contributed by atoms with E-state index < -0.39 is 11.9 Å². The summed E-state index contributed by atoms with van der Waals surface area (Å²) in [7, 11) is 1.48. The summed E-state index contributed by atoms with van der Waals surface area (Å²) in [5, 5.41) is 14.5. The molecule has 0 bridgehead atoms. The minimum Gasteiger partial charge on any atom is -0.497 e. The van der Waals surface area contributed by atoms with E-state index in [2.05, 4.69) is 5.10 Å². The molecule has 0 fully saturated rings. The molecule has 0 amide bonds. The Hall–Kier alpha value is -1.88. The molecule has 0 saturated carbocycles. The molecule has 0 radical (unpaired) electrons. The lowest BCUT2D eigenvalue weighted by molar-refractivity contribution is 0.172. The average molecular weight is 278 g/mol. The Morgan fingerprint density at radius 3 is 2.65 bits per heavy atom. The molecule has 2 aromatic rings. The zero-order chi connectivity index (χ0) is 14.7. The first kappa shape index (κ1) is 14.5. The van der Waals surface area contributed by atoms with E-state index in [4.69, 9.17) is 4.74 Å². The number of halogens is 1. The topological polar surface area (TPSA) is 47.3 Å². The molecule has 4 nitrogen and oxygen atoms in total. The first-order chi connectivity index (χ1) is 9.51. The zero-order valence-electron chi connectivity index (χ0n) is 11.9. The van der Waals surface area contributed by atoms with Gasteiger partial charge in [-0.25, -0.2) is 4.39 Å². The van der Waals surface area contributed by atoms with Crippen LogP contribution in [-0.4, -0.2) is 22.0 Å². The number of aromatic nitrogens is 2. The Balaban J connectivity index is 2.12. The van der Waals surface area contributed by atoms with Gasteiger partial charge in [-0.3, -0.25) is 4.68 Å². The lowest BCUT2D eigenvalue weighted by Gasteiger charge is -2.12. The van der Waals surface area contributed by atoms with Crippen molar-refractivity contribution in [2.45, 2.75) is 32.4 Å². The molecule has 1 aromatic carbocycles. The highest BCUT2D eigenvalue weighted by molar-refractivity contribution is 5.30. The van der Waals surface area contributed by atoms with Crippen LogP contribution in [0.5, 0.6) is 5.75 Å². The van der Waals surface area contributed by atoms with Gasteiger partial charge < -0.3 is 9.84 Å². The number of hydrogen-bond acceptors (Lipinski definition) is 3. The van der Waals surface area contributed by atoms with Crippen molar-refractivity contribution in [2.24, 2.45) is 0 Å². The molecule has 0 saturated heterocycles. The second-order valence-corrected chi connectivity index (χ2v) is 4.99. The number of hydrogen-bond donors (Lipinski definition) is 1. The molecule has 2 rings (SSSR count). The molecule has 1 atom stereocenters. The van der Waals surface area contributed by atoms with E-state index in [0.29, 0.717) is 5.75 Å². The molecule has 0 aliphatic carbocycles. The van der Waals surface area contributed by atoms with Crippen molar-refractivity contribution >= 4 is 0 Å². The van der Waals surface area contributed by atoms with Crippen LogP contribution in [0.25, 0.3) is 0 Å². The van der Waals surface area contributed by atoms with Crippen LogP contribution < -0.4 is 4.74 Å². The number of nitrogens with zero attached hydrogens (tertiary/aromatic N) is 2. The summed E-state index contributed by atoms with van der Waals surface area (Å²) >= 11 is 0. The van der Waals surface area contributed by atoms with Crippen LogP contribution >= 0.6 is 0 Å². The van der Waals surface area contributed by atoms with Gasteiger partial charge in [0.25, 0.3) is 0 Å². The van der Waals surface area contributed by atoms with Gasteiger partial charge in [0.05, 0.1) is 18.9 Å². The number of aliphatic hydroxyl groups is 1. The fourth-order valence-corrected chi connectivity index (χ4v) is 1.99. The summed E-state index contributed by atoms with van der Waals surface area (Å²) in [6.45, 7) is 4.05. The van der Waals surface area contributed by atoms with Crippen LogP contribution in [0.2, 0.25) is 0 Å². The maximum Gasteiger partial charge on any atom is 0.132 e. The molecular weight excluding hydrogens is 259 g/mol. The summed E-state index contributed by atoms with van der Waals surface area (Å²) in [4.78, 5) is 0. The third-order valence-electron chi connectivity index (χ3n) is 3.16. The monoisotopic (exact) mass is 278 g/mol. The second kappa shape index (κ2) is 6.05. The van der Waals surface area contributed by atoms with Gasteiger partial charge in [0, 0.05) is 30.3 Å². The smallest absolute Gasteiger partial charge is 0.132 e. The third-order valence-corrected chi connectivity index (χ3v) is 3.16. The summed E-state index contributed by atoms with van der Waals surface area (Å²) < 4.78 is 20.6. The fraction of sp³-hybridized carbons (Fsp3) is 0.400. The molecule has 1 heterocycles. The van der Waals surface area contributed by atoms with E-state index in [0.717, 1.165) is 5.69 Å². The molecule has 0 spiro atoms. The molecule has 108 valence electrons. The van der Waals surface area contributed by atoms with Gasteiger partial charge in [-0.05, 0) is 32.0 Å². The highest BCUT2D eigenvalue weighted by Crippen LogP contribution is 2.24. The third kappa shape index (κ3) is 3.17. The van der Waals surface area contributed by atoms with Crippen LogP contribution in [0.1, 0.15) is 37.3 Å². The minimum atomic E-state index is -0.920. The van der Waals surface area contributed by atoms with E-state index in [1.165, 1.54) is 19.2 Å². The van der Waals surface area contributed by atoms with Crippen molar-refractivity contribution < 1.29 is 14.2 Å². The van der Waals surface area contributed by atoms with E-state index in [-0.39, 0.29) is 18.0 Å². The Bertz CT molecular complexity index is 581. The highest BCUT2D eigenvalue weighted by Gasteiger charge is 2.16. The molecule has 1 N–H and O–H groups in total. The zero-order valence-corrected chi connectivity index (χ0v) is 11.9. The Morgan fingerprint density at radius 1 is 1.35 bits per heavy atom. The largest absolute Gasteiger partial charge is 0.497 e. The van der Waals surface area contributed by atoms with Crippen LogP contribution in [0, 0.1) is 5.82 Å². The van der Waals surface area contributed by atoms with Crippen molar-refractivity contribution in [1.29, 1.82) is 0 Å². The van der Waals surface area contributed by atoms with Crippen LogP contribution in [0.4, 0.5) is 4.39 Å². The van der Waals surface area contributed by atoms with Gasteiger partial charge in [-0.15, -0.1) is 0 Å². The van der Waals surface area contributed by atoms with E-state index in [1.807, 2.05) is 30.8 Å². The number of benzene rings is 1.